The Labute approximate surface area is 155 Å². The Bertz CT molecular complexity index is 435. The highest BCUT2D eigenvalue weighted by Gasteiger charge is 2.18. The molecule has 0 aliphatic heterocycles. The van der Waals surface area contributed by atoms with Gasteiger partial charge in [-0.05, 0) is 37.0 Å². The molecule has 2 nitrogen and oxygen atoms in total. The highest BCUT2D eigenvalue weighted by Crippen LogP contribution is 2.27. The molecule has 1 aliphatic carbocycles. The molecule has 0 spiro atoms. The van der Waals surface area contributed by atoms with Gasteiger partial charge in [0.15, 0.2) is 0 Å². The second kappa shape index (κ2) is 9.87. The lowest BCUT2D eigenvalue weighted by atomic mass is 9.87. The van der Waals surface area contributed by atoms with Crippen molar-refractivity contribution in [1.29, 1.82) is 0 Å². The molecule has 0 N–H and O–H groups in total. The number of ether oxygens (including phenoxy) is 2. The molecule has 2 unspecified atom stereocenters. The Morgan fingerprint density at radius 3 is 2.26 bits per heavy atom. The molecule has 130 valence electrons. The van der Waals surface area contributed by atoms with Crippen LogP contribution < -0.4 is 4.74 Å². The van der Waals surface area contributed by atoms with E-state index in [1.165, 1.54) is 44.1 Å². The quantitative estimate of drug-likeness (QED) is 0.265. The van der Waals surface area contributed by atoms with Gasteiger partial charge in [-0.15, -0.1) is 0 Å². The summed E-state index contributed by atoms with van der Waals surface area (Å²) in [5, 5.41) is 0. The van der Waals surface area contributed by atoms with Crippen LogP contribution in [-0.2, 0) is 4.74 Å². The van der Waals surface area contributed by atoms with Crippen molar-refractivity contribution in [1.82, 2.24) is 0 Å². The zero-order valence-electron chi connectivity index (χ0n) is 14.8. The number of rotatable bonds is 8. The van der Waals surface area contributed by atoms with E-state index in [9.17, 15) is 0 Å². The third-order valence-corrected chi connectivity index (χ3v) is 5.39. The largest absolute Gasteiger partial charge is 0.465 e. The van der Waals surface area contributed by atoms with Gasteiger partial charge in [-0.3, -0.25) is 0 Å². The maximum atomic E-state index is 6.08. The number of hydrogen-bond donors (Lipinski definition) is 0. The van der Waals surface area contributed by atoms with Gasteiger partial charge in [-0.25, -0.2) is 0 Å². The topological polar surface area (TPSA) is 18.5 Å². The molecule has 0 radical (unpaired) electrons. The van der Waals surface area contributed by atoms with Crippen LogP contribution in [0.5, 0.6) is 5.75 Å². The van der Waals surface area contributed by atoms with Crippen molar-refractivity contribution in [2.75, 3.05) is 6.61 Å². The van der Waals surface area contributed by atoms with Gasteiger partial charge in [-0.1, -0.05) is 80.7 Å². The van der Waals surface area contributed by atoms with E-state index in [1.54, 1.807) is 0 Å². The van der Waals surface area contributed by atoms with Crippen molar-refractivity contribution in [2.24, 2.45) is 11.8 Å². The lowest BCUT2D eigenvalue weighted by Gasteiger charge is -2.25. The summed E-state index contributed by atoms with van der Waals surface area (Å²) in [5.74, 6) is 2.12. The summed E-state index contributed by atoms with van der Waals surface area (Å²) in [6, 6.07) is 8.41. The molecule has 2 rings (SSSR count). The Morgan fingerprint density at radius 2 is 1.70 bits per heavy atom. The fraction of sp³-hybridized carbons (Fsp3) is 0.700. The standard InChI is InChI=1S/C20H31IO2/c1-15(2)20(22-14-13-17-7-5-4-6-8-17)23-19-11-9-18(10-12-19)16(3)21/h9-12,15-17,20H,4-8,13-14H2,1-3H3. The first-order valence-electron chi connectivity index (χ1n) is 9.08. The van der Waals surface area contributed by atoms with Gasteiger partial charge < -0.3 is 9.47 Å². The van der Waals surface area contributed by atoms with Crippen LogP contribution in [0.15, 0.2) is 24.3 Å². The van der Waals surface area contributed by atoms with Gasteiger partial charge >= 0.3 is 0 Å². The van der Waals surface area contributed by atoms with E-state index < -0.39 is 0 Å². The van der Waals surface area contributed by atoms with Crippen molar-refractivity contribution in [2.45, 2.75) is 69.5 Å². The van der Waals surface area contributed by atoms with E-state index in [4.69, 9.17) is 9.47 Å². The van der Waals surface area contributed by atoms with Crippen LogP contribution in [0.4, 0.5) is 0 Å². The molecule has 0 amide bonds. The number of halogens is 1. The summed E-state index contributed by atoms with van der Waals surface area (Å²) in [6.45, 7) is 7.33. The highest BCUT2D eigenvalue weighted by atomic mass is 127. The fourth-order valence-corrected chi connectivity index (χ4v) is 3.55. The first-order chi connectivity index (χ1) is 11.1. The van der Waals surface area contributed by atoms with Gasteiger partial charge in [0.1, 0.15) is 5.75 Å². The van der Waals surface area contributed by atoms with Gasteiger partial charge in [-0.2, -0.15) is 0 Å². The predicted molar refractivity (Wildman–Crippen MR) is 105 cm³/mol. The zero-order valence-corrected chi connectivity index (χ0v) is 16.9. The van der Waals surface area contributed by atoms with Crippen LogP contribution in [0.25, 0.3) is 0 Å². The van der Waals surface area contributed by atoms with Gasteiger partial charge in [0.05, 0.1) is 6.61 Å². The average molecular weight is 430 g/mol. The lowest BCUT2D eigenvalue weighted by molar-refractivity contribution is -0.111. The minimum atomic E-state index is -0.151. The van der Waals surface area contributed by atoms with Crippen LogP contribution >= 0.6 is 22.6 Å². The summed E-state index contributed by atoms with van der Waals surface area (Å²) in [4.78, 5) is 0. The van der Waals surface area contributed by atoms with E-state index in [0.717, 1.165) is 18.3 Å². The smallest absolute Gasteiger partial charge is 0.202 e. The molecule has 3 heteroatoms. The summed E-state index contributed by atoms with van der Waals surface area (Å²) in [5.41, 5.74) is 1.33. The number of alkyl halides is 1. The van der Waals surface area contributed by atoms with Crippen molar-refractivity contribution in [3.63, 3.8) is 0 Å². The summed E-state index contributed by atoms with van der Waals surface area (Å²) in [7, 11) is 0. The number of hydrogen-bond acceptors (Lipinski definition) is 2. The first-order valence-corrected chi connectivity index (χ1v) is 10.3. The van der Waals surface area contributed by atoms with E-state index in [0.29, 0.717) is 9.84 Å². The normalized spacial score (nSPS) is 18.8. The maximum Gasteiger partial charge on any atom is 0.202 e. The minimum absolute atomic E-state index is 0.151. The Kier molecular flexibility index (Phi) is 8.17. The third-order valence-electron chi connectivity index (χ3n) is 4.67. The van der Waals surface area contributed by atoms with Gasteiger partial charge in [0, 0.05) is 9.84 Å². The van der Waals surface area contributed by atoms with Crippen molar-refractivity contribution >= 4 is 22.6 Å². The molecule has 1 saturated carbocycles. The van der Waals surface area contributed by atoms with Crippen LogP contribution in [0.3, 0.4) is 0 Å². The fourth-order valence-electron chi connectivity index (χ4n) is 3.13. The third kappa shape index (κ3) is 6.61. The van der Waals surface area contributed by atoms with Crippen LogP contribution in [0.1, 0.15) is 68.8 Å². The van der Waals surface area contributed by atoms with Crippen molar-refractivity contribution in [3.8, 4) is 5.75 Å². The Balaban J connectivity index is 1.80. The molecule has 23 heavy (non-hydrogen) atoms. The van der Waals surface area contributed by atoms with Crippen LogP contribution in [0.2, 0.25) is 0 Å². The second-order valence-corrected chi connectivity index (χ2v) is 8.95. The van der Waals surface area contributed by atoms with Crippen LogP contribution in [0, 0.1) is 11.8 Å². The molecular formula is C20H31IO2. The Hall–Kier alpha value is -0.290. The van der Waals surface area contributed by atoms with Crippen LogP contribution in [-0.4, -0.2) is 12.9 Å². The highest BCUT2D eigenvalue weighted by molar-refractivity contribution is 14.1. The predicted octanol–water partition coefficient (Wildman–Crippen LogP) is 6.53. The molecular weight excluding hydrogens is 399 g/mol. The molecule has 0 aromatic heterocycles. The maximum absolute atomic E-state index is 6.08. The molecule has 1 aromatic rings. The van der Waals surface area contributed by atoms with E-state index in [2.05, 4.69) is 67.6 Å². The summed E-state index contributed by atoms with van der Waals surface area (Å²) in [6.07, 6.45) is 8.01. The first kappa shape index (κ1) is 19.0. The van der Waals surface area contributed by atoms with E-state index in [-0.39, 0.29) is 6.29 Å². The minimum Gasteiger partial charge on any atom is -0.465 e. The lowest BCUT2D eigenvalue weighted by Crippen LogP contribution is -2.27. The summed E-state index contributed by atoms with van der Waals surface area (Å²) >= 11 is 2.43. The van der Waals surface area contributed by atoms with Gasteiger partial charge in [0.2, 0.25) is 6.29 Å². The SMILES string of the molecule is CC(I)c1ccc(OC(OCCC2CCCCC2)C(C)C)cc1. The number of benzene rings is 1. The second-order valence-electron chi connectivity index (χ2n) is 7.08. The van der Waals surface area contributed by atoms with Gasteiger partial charge in [0.25, 0.3) is 0 Å². The van der Waals surface area contributed by atoms with Crippen molar-refractivity contribution < 1.29 is 9.47 Å². The summed E-state index contributed by atoms with van der Waals surface area (Å²) < 4.78 is 12.7. The average Bonchev–Trinajstić information content (AvgIpc) is 2.55. The Morgan fingerprint density at radius 1 is 1.04 bits per heavy atom. The monoisotopic (exact) mass is 430 g/mol. The van der Waals surface area contributed by atoms with E-state index >= 15 is 0 Å². The molecule has 0 bridgehead atoms. The zero-order chi connectivity index (χ0) is 16.7. The molecule has 1 fully saturated rings. The van der Waals surface area contributed by atoms with Crippen molar-refractivity contribution in [3.05, 3.63) is 29.8 Å². The molecule has 1 aliphatic rings. The molecule has 1 aromatic carbocycles. The van der Waals surface area contributed by atoms with E-state index in [1.807, 2.05) is 0 Å². The molecule has 0 saturated heterocycles. The molecule has 0 heterocycles. The molecule has 2 atom stereocenters.